The van der Waals surface area contributed by atoms with Crippen molar-refractivity contribution in [1.29, 1.82) is 0 Å². The first-order chi connectivity index (χ1) is 12.5. The average Bonchev–Trinajstić information content (AvgIpc) is 2.56. The molecule has 0 radical (unpaired) electrons. The molecule has 27 heavy (non-hydrogen) atoms. The minimum atomic E-state index is -3.68. The van der Waals surface area contributed by atoms with Gasteiger partial charge in [0.05, 0.1) is 4.90 Å². The van der Waals surface area contributed by atoms with Crippen molar-refractivity contribution in [3.8, 4) is 0 Å². The summed E-state index contributed by atoms with van der Waals surface area (Å²) in [5.41, 5.74) is -0.443. The van der Waals surface area contributed by atoms with Gasteiger partial charge in [-0.3, -0.25) is 9.59 Å². The Bertz CT molecular complexity index is 829. The van der Waals surface area contributed by atoms with Gasteiger partial charge in [-0.1, -0.05) is 27.2 Å². The van der Waals surface area contributed by atoms with Gasteiger partial charge in [0, 0.05) is 26.4 Å². The summed E-state index contributed by atoms with van der Waals surface area (Å²) in [4.78, 5) is 24.5. The van der Waals surface area contributed by atoms with Gasteiger partial charge in [0.15, 0.2) is 0 Å². The maximum Gasteiger partial charge on any atom is 0.326 e. The lowest BCUT2D eigenvalue weighted by Gasteiger charge is -2.36. The number of nitrogens with zero attached hydrogens (tertiary/aromatic N) is 2. The van der Waals surface area contributed by atoms with Crippen LogP contribution in [0.1, 0.15) is 40.0 Å². The Morgan fingerprint density at radius 1 is 1.30 bits per heavy atom. The number of hydrogen-bond donors (Lipinski definition) is 0. The number of pyridine rings is 1. The minimum Gasteiger partial charge on any atom is -0.461 e. The van der Waals surface area contributed by atoms with Crippen LogP contribution in [-0.4, -0.2) is 43.5 Å². The van der Waals surface area contributed by atoms with Gasteiger partial charge in [0.2, 0.25) is 10.0 Å². The molecule has 7 nitrogen and oxygen atoms in total. The summed E-state index contributed by atoms with van der Waals surface area (Å²) in [5.74, 6) is 0.698. The highest BCUT2D eigenvalue weighted by Gasteiger charge is 2.33. The van der Waals surface area contributed by atoms with E-state index in [1.54, 1.807) is 0 Å². The van der Waals surface area contributed by atoms with Gasteiger partial charge in [-0.05, 0) is 36.7 Å². The molecule has 1 aromatic heterocycles. The highest BCUT2D eigenvalue weighted by Crippen LogP contribution is 2.35. The molecule has 1 aromatic rings. The minimum absolute atomic E-state index is 0.0359. The zero-order valence-electron chi connectivity index (χ0n) is 16.7. The SMILES string of the molecule is CC(C)[C@@H]1CC[C@@H](C)C[C@H]1OC(=O)Cn1cc(S(=O)(=O)N(C)C)ccc1=O. The van der Waals surface area contributed by atoms with E-state index < -0.39 is 21.6 Å². The number of carbonyl (C=O) groups is 1. The fourth-order valence-electron chi connectivity index (χ4n) is 3.59. The molecular weight excluding hydrogens is 368 g/mol. The Balaban J connectivity index is 2.16. The number of esters is 1. The Labute approximate surface area is 161 Å². The first-order valence-corrected chi connectivity index (χ1v) is 10.8. The topological polar surface area (TPSA) is 85.7 Å². The summed E-state index contributed by atoms with van der Waals surface area (Å²) in [7, 11) is -0.861. The zero-order valence-corrected chi connectivity index (χ0v) is 17.5. The zero-order chi connectivity index (χ0) is 20.4. The van der Waals surface area contributed by atoms with Crippen molar-refractivity contribution in [2.24, 2.45) is 17.8 Å². The molecule has 1 aliphatic carbocycles. The summed E-state index contributed by atoms with van der Waals surface area (Å²) >= 11 is 0. The Kier molecular flexibility index (Phi) is 6.86. The molecule has 152 valence electrons. The third-order valence-corrected chi connectivity index (χ3v) is 7.08. The molecular formula is C19H30N2O5S. The molecule has 0 aromatic carbocycles. The first-order valence-electron chi connectivity index (χ1n) is 9.35. The van der Waals surface area contributed by atoms with Gasteiger partial charge < -0.3 is 9.30 Å². The monoisotopic (exact) mass is 398 g/mol. The van der Waals surface area contributed by atoms with Gasteiger partial charge >= 0.3 is 5.97 Å². The molecule has 0 aliphatic heterocycles. The fourth-order valence-corrected chi connectivity index (χ4v) is 4.51. The summed E-state index contributed by atoms with van der Waals surface area (Å²) in [6, 6.07) is 2.40. The van der Waals surface area contributed by atoms with E-state index in [1.165, 1.54) is 26.4 Å². The van der Waals surface area contributed by atoms with Crippen LogP contribution in [0, 0.1) is 17.8 Å². The summed E-state index contributed by atoms with van der Waals surface area (Å²) < 4.78 is 32.4. The van der Waals surface area contributed by atoms with E-state index in [0.29, 0.717) is 17.8 Å². The van der Waals surface area contributed by atoms with Crippen molar-refractivity contribution in [3.63, 3.8) is 0 Å². The maximum atomic E-state index is 12.5. The second kappa shape index (κ2) is 8.56. The largest absolute Gasteiger partial charge is 0.461 e. The second-order valence-electron chi connectivity index (χ2n) is 7.97. The van der Waals surface area contributed by atoms with Crippen molar-refractivity contribution in [1.82, 2.24) is 8.87 Å². The van der Waals surface area contributed by atoms with Crippen LogP contribution in [0.4, 0.5) is 0 Å². The number of rotatable bonds is 6. The van der Waals surface area contributed by atoms with Crippen LogP contribution in [-0.2, 0) is 26.1 Å². The van der Waals surface area contributed by atoms with Crippen LogP contribution in [0.25, 0.3) is 0 Å². The molecule has 0 saturated heterocycles. The number of ether oxygens (including phenoxy) is 1. The van der Waals surface area contributed by atoms with Crippen molar-refractivity contribution in [3.05, 3.63) is 28.7 Å². The molecule has 3 atom stereocenters. The van der Waals surface area contributed by atoms with Crippen molar-refractivity contribution >= 4 is 16.0 Å². The third kappa shape index (κ3) is 5.19. The predicted octanol–water partition coefficient (Wildman–Crippen LogP) is 2.10. The highest BCUT2D eigenvalue weighted by molar-refractivity contribution is 7.89. The van der Waals surface area contributed by atoms with E-state index in [9.17, 15) is 18.0 Å². The smallest absolute Gasteiger partial charge is 0.326 e. The molecule has 1 saturated carbocycles. The lowest BCUT2D eigenvalue weighted by molar-refractivity contribution is -0.156. The lowest BCUT2D eigenvalue weighted by atomic mass is 9.75. The van der Waals surface area contributed by atoms with Crippen molar-refractivity contribution in [2.45, 2.75) is 57.6 Å². The quantitative estimate of drug-likeness (QED) is 0.685. The van der Waals surface area contributed by atoms with Crippen molar-refractivity contribution in [2.75, 3.05) is 14.1 Å². The molecule has 8 heteroatoms. The van der Waals surface area contributed by atoms with Gasteiger partial charge in [-0.2, -0.15) is 0 Å². The highest BCUT2D eigenvalue weighted by atomic mass is 32.2. The Hall–Kier alpha value is -1.67. The van der Waals surface area contributed by atoms with Crippen LogP contribution in [0.5, 0.6) is 0 Å². The number of carbonyl (C=O) groups excluding carboxylic acids is 1. The Morgan fingerprint density at radius 2 is 1.96 bits per heavy atom. The van der Waals surface area contributed by atoms with Gasteiger partial charge in [-0.15, -0.1) is 0 Å². The Morgan fingerprint density at radius 3 is 2.56 bits per heavy atom. The standard InChI is InChI=1S/C19H30N2O5S/c1-13(2)16-8-6-14(3)10-17(16)26-19(23)12-21-11-15(7-9-18(21)22)27(24,25)20(4)5/h7,9,11,13-14,16-17H,6,8,10,12H2,1-5H3/t14-,16+,17-/m1/s1. The first kappa shape index (κ1) is 21.6. The van der Waals surface area contributed by atoms with E-state index in [-0.39, 0.29) is 17.5 Å². The summed E-state index contributed by atoms with van der Waals surface area (Å²) in [6.45, 7) is 6.10. The molecule has 1 fully saturated rings. The van der Waals surface area contributed by atoms with Crippen LogP contribution in [0.15, 0.2) is 28.0 Å². The second-order valence-corrected chi connectivity index (χ2v) is 10.1. The van der Waals surface area contributed by atoms with Crippen LogP contribution >= 0.6 is 0 Å². The predicted molar refractivity (Wildman–Crippen MR) is 103 cm³/mol. The van der Waals surface area contributed by atoms with E-state index in [4.69, 9.17) is 4.74 Å². The van der Waals surface area contributed by atoms with Gasteiger partial charge in [0.1, 0.15) is 12.6 Å². The molecule has 1 heterocycles. The summed E-state index contributed by atoms with van der Waals surface area (Å²) in [5, 5.41) is 0. The van der Waals surface area contributed by atoms with Crippen LogP contribution < -0.4 is 5.56 Å². The molecule has 0 spiro atoms. The maximum absolute atomic E-state index is 12.5. The molecule has 0 N–H and O–H groups in total. The van der Waals surface area contributed by atoms with Gasteiger partial charge in [0.25, 0.3) is 5.56 Å². The van der Waals surface area contributed by atoms with E-state index in [1.807, 2.05) is 0 Å². The van der Waals surface area contributed by atoms with E-state index in [2.05, 4.69) is 20.8 Å². The van der Waals surface area contributed by atoms with E-state index >= 15 is 0 Å². The third-order valence-electron chi connectivity index (χ3n) is 5.28. The fraction of sp³-hybridized carbons (Fsp3) is 0.684. The molecule has 0 bridgehead atoms. The van der Waals surface area contributed by atoms with E-state index in [0.717, 1.165) is 34.2 Å². The molecule has 1 aliphatic rings. The summed E-state index contributed by atoms with van der Waals surface area (Å²) in [6.07, 6.45) is 4.00. The average molecular weight is 399 g/mol. The number of aromatic nitrogens is 1. The lowest BCUT2D eigenvalue weighted by Crippen LogP contribution is -2.37. The van der Waals surface area contributed by atoms with Gasteiger partial charge in [-0.25, -0.2) is 12.7 Å². The molecule has 2 rings (SSSR count). The van der Waals surface area contributed by atoms with Crippen LogP contribution in [0.2, 0.25) is 0 Å². The van der Waals surface area contributed by atoms with Crippen LogP contribution in [0.3, 0.4) is 0 Å². The van der Waals surface area contributed by atoms with Crippen molar-refractivity contribution < 1.29 is 17.9 Å². The number of hydrogen-bond acceptors (Lipinski definition) is 5. The number of sulfonamides is 1. The molecule has 0 amide bonds. The molecule has 0 unspecified atom stereocenters. The normalized spacial score (nSPS) is 23.6.